The summed E-state index contributed by atoms with van der Waals surface area (Å²) in [7, 11) is -3.01. The molecular weight excluding hydrogens is 234 g/mol. The van der Waals surface area contributed by atoms with Gasteiger partial charge in [0.2, 0.25) is 0 Å². The standard InChI is InChI=1S/C10H13NO2S.ClH/c11-7-8-3-4-10-9(6-8)2-1-5-14(10,12)13;/h3-4,6H,1-2,5,7,11H2;1H. The predicted octanol–water partition coefficient (Wildman–Crippen LogP) is 1.29. The Morgan fingerprint density at radius 3 is 2.73 bits per heavy atom. The van der Waals surface area contributed by atoms with Gasteiger partial charge in [0.25, 0.3) is 0 Å². The van der Waals surface area contributed by atoms with Gasteiger partial charge in [0.1, 0.15) is 0 Å². The molecule has 2 rings (SSSR count). The summed E-state index contributed by atoms with van der Waals surface area (Å²) in [6.07, 6.45) is 1.58. The molecule has 84 valence electrons. The van der Waals surface area contributed by atoms with E-state index in [1.54, 1.807) is 12.1 Å². The number of sulfone groups is 1. The van der Waals surface area contributed by atoms with Gasteiger partial charge in [-0.3, -0.25) is 0 Å². The van der Waals surface area contributed by atoms with Crippen molar-refractivity contribution < 1.29 is 8.42 Å². The van der Waals surface area contributed by atoms with Crippen LogP contribution in [0.25, 0.3) is 0 Å². The van der Waals surface area contributed by atoms with Crippen LogP contribution >= 0.6 is 12.4 Å². The molecule has 0 spiro atoms. The van der Waals surface area contributed by atoms with Crippen molar-refractivity contribution in [2.75, 3.05) is 5.75 Å². The quantitative estimate of drug-likeness (QED) is 0.814. The summed E-state index contributed by atoms with van der Waals surface area (Å²) in [5.41, 5.74) is 7.43. The van der Waals surface area contributed by atoms with Crippen LogP contribution in [0, 0.1) is 0 Å². The summed E-state index contributed by atoms with van der Waals surface area (Å²) in [6, 6.07) is 5.39. The molecule has 0 saturated heterocycles. The zero-order chi connectivity index (χ0) is 10.2. The van der Waals surface area contributed by atoms with Crippen LogP contribution in [0.15, 0.2) is 23.1 Å². The Balaban J connectivity index is 0.00000112. The molecule has 0 fully saturated rings. The largest absolute Gasteiger partial charge is 0.326 e. The third kappa shape index (κ3) is 2.33. The van der Waals surface area contributed by atoms with Gasteiger partial charge in [-0.2, -0.15) is 0 Å². The number of rotatable bonds is 1. The summed E-state index contributed by atoms with van der Waals surface area (Å²) < 4.78 is 23.3. The average molecular weight is 248 g/mol. The molecule has 15 heavy (non-hydrogen) atoms. The van der Waals surface area contributed by atoms with Crippen molar-refractivity contribution in [1.29, 1.82) is 0 Å². The van der Waals surface area contributed by atoms with Crippen LogP contribution in [0.2, 0.25) is 0 Å². The number of benzene rings is 1. The Hall–Kier alpha value is -0.580. The van der Waals surface area contributed by atoms with Gasteiger partial charge in [0.05, 0.1) is 10.6 Å². The third-order valence-electron chi connectivity index (χ3n) is 2.55. The van der Waals surface area contributed by atoms with Crippen LogP contribution in [-0.4, -0.2) is 14.2 Å². The van der Waals surface area contributed by atoms with Gasteiger partial charge in [-0.25, -0.2) is 8.42 Å². The van der Waals surface area contributed by atoms with E-state index in [1.807, 2.05) is 6.07 Å². The molecule has 0 aromatic heterocycles. The molecule has 0 aliphatic carbocycles. The van der Waals surface area contributed by atoms with Gasteiger partial charge in [0, 0.05) is 6.54 Å². The summed E-state index contributed by atoms with van der Waals surface area (Å²) in [4.78, 5) is 0.501. The van der Waals surface area contributed by atoms with Crippen LogP contribution in [0.5, 0.6) is 0 Å². The molecule has 2 N–H and O–H groups in total. The average Bonchev–Trinajstić information content (AvgIpc) is 2.16. The van der Waals surface area contributed by atoms with E-state index in [4.69, 9.17) is 5.73 Å². The van der Waals surface area contributed by atoms with Crippen molar-refractivity contribution in [2.24, 2.45) is 5.73 Å². The second kappa shape index (κ2) is 4.51. The Bertz CT molecular complexity index is 456. The summed E-state index contributed by atoms with van der Waals surface area (Å²) >= 11 is 0. The molecule has 0 saturated carbocycles. The first-order chi connectivity index (χ1) is 6.63. The zero-order valence-electron chi connectivity index (χ0n) is 8.27. The lowest BCUT2D eigenvalue weighted by molar-refractivity contribution is 0.586. The fourth-order valence-electron chi connectivity index (χ4n) is 1.82. The Labute approximate surface area is 96.0 Å². The molecule has 1 heterocycles. The summed E-state index contributed by atoms with van der Waals surface area (Å²) in [6.45, 7) is 0.466. The van der Waals surface area contributed by atoms with Crippen molar-refractivity contribution in [1.82, 2.24) is 0 Å². The zero-order valence-corrected chi connectivity index (χ0v) is 9.90. The second-order valence-electron chi connectivity index (χ2n) is 3.57. The molecule has 0 radical (unpaired) electrons. The highest BCUT2D eigenvalue weighted by molar-refractivity contribution is 7.91. The molecule has 1 aromatic carbocycles. The van der Waals surface area contributed by atoms with Crippen LogP contribution in [0.3, 0.4) is 0 Å². The first kappa shape index (κ1) is 12.5. The smallest absolute Gasteiger partial charge is 0.178 e. The van der Waals surface area contributed by atoms with E-state index in [9.17, 15) is 8.42 Å². The summed E-state index contributed by atoms with van der Waals surface area (Å²) in [5.74, 6) is 0.280. The number of hydrogen-bond acceptors (Lipinski definition) is 3. The van der Waals surface area contributed by atoms with E-state index in [2.05, 4.69) is 0 Å². The van der Waals surface area contributed by atoms with E-state index in [1.165, 1.54) is 0 Å². The van der Waals surface area contributed by atoms with Crippen LogP contribution in [0.4, 0.5) is 0 Å². The van der Waals surface area contributed by atoms with Gasteiger partial charge in [-0.05, 0) is 30.0 Å². The molecule has 5 heteroatoms. The van der Waals surface area contributed by atoms with Crippen molar-refractivity contribution in [3.63, 3.8) is 0 Å². The van der Waals surface area contributed by atoms with E-state index in [0.29, 0.717) is 11.4 Å². The molecule has 1 aliphatic heterocycles. The van der Waals surface area contributed by atoms with E-state index in [0.717, 1.165) is 24.0 Å². The van der Waals surface area contributed by atoms with Gasteiger partial charge < -0.3 is 5.73 Å². The maximum absolute atomic E-state index is 11.6. The Morgan fingerprint density at radius 2 is 2.07 bits per heavy atom. The lowest BCUT2D eigenvalue weighted by Gasteiger charge is -2.16. The van der Waals surface area contributed by atoms with Crippen LogP contribution in [-0.2, 0) is 22.8 Å². The second-order valence-corrected chi connectivity index (χ2v) is 5.65. The van der Waals surface area contributed by atoms with Crippen molar-refractivity contribution in [3.8, 4) is 0 Å². The number of nitrogens with two attached hydrogens (primary N) is 1. The molecule has 0 unspecified atom stereocenters. The van der Waals surface area contributed by atoms with Crippen LogP contribution < -0.4 is 5.73 Å². The number of fused-ring (bicyclic) bond motifs is 1. The molecule has 0 atom stereocenters. The highest BCUT2D eigenvalue weighted by Crippen LogP contribution is 2.25. The minimum atomic E-state index is -3.01. The van der Waals surface area contributed by atoms with E-state index in [-0.39, 0.29) is 18.2 Å². The first-order valence-electron chi connectivity index (χ1n) is 4.68. The fourth-order valence-corrected chi connectivity index (χ4v) is 3.40. The van der Waals surface area contributed by atoms with Crippen LogP contribution in [0.1, 0.15) is 17.5 Å². The monoisotopic (exact) mass is 247 g/mol. The first-order valence-corrected chi connectivity index (χ1v) is 6.33. The fraction of sp³-hybridized carbons (Fsp3) is 0.400. The topological polar surface area (TPSA) is 60.2 Å². The third-order valence-corrected chi connectivity index (χ3v) is 4.45. The van der Waals surface area contributed by atoms with E-state index < -0.39 is 9.84 Å². The summed E-state index contributed by atoms with van der Waals surface area (Å²) in [5, 5.41) is 0. The Kier molecular flexibility index (Phi) is 3.76. The molecule has 1 aromatic rings. The molecule has 0 bridgehead atoms. The molecule has 1 aliphatic rings. The number of halogens is 1. The molecule has 0 amide bonds. The van der Waals surface area contributed by atoms with Gasteiger partial charge in [-0.15, -0.1) is 12.4 Å². The Morgan fingerprint density at radius 1 is 1.33 bits per heavy atom. The predicted molar refractivity (Wildman–Crippen MR) is 62.0 cm³/mol. The lowest BCUT2D eigenvalue weighted by Crippen LogP contribution is -2.16. The normalized spacial score (nSPS) is 17.7. The van der Waals surface area contributed by atoms with Gasteiger partial charge in [0.15, 0.2) is 9.84 Å². The minimum absolute atomic E-state index is 0. The minimum Gasteiger partial charge on any atom is -0.326 e. The van der Waals surface area contributed by atoms with Crippen molar-refractivity contribution in [2.45, 2.75) is 24.3 Å². The molecular formula is C10H14ClNO2S. The maximum atomic E-state index is 11.6. The SMILES string of the molecule is Cl.NCc1ccc2c(c1)CCCS2(=O)=O. The van der Waals surface area contributed by atoms with Crippen molar-refractivity contribution >= 4 is 22.2 Å². The number of hydrogen-bond donors (Lipinski definition) is 1. The van der Waals surface area contributed by atoms with Gasteiger partial charge in [-0.1, -0.05) is 12.1 Å². The van der Waals surface area contributed by atoms with Crippen molar-refractivity contribution in [3.05, 3.63) is 29.3 Å². The maximum Gasteiger partial charge on any atom is 0.178 e. The highest BCUT2D eigenvalue weighted by Gasteiger charge is 2.22. The van der Waals surface area contributed by atoms with Gasteiger partial charge >= 0.3 is 0 Å². The highest BCUT2D eigenvalue weighted by atomic mass is 35.5. The lowest BCUT2D eigenvalue weighted by atomic mass is 10.1. The molecule has 3 nitrogen and oxygen atoms in total. The van der Waals surface area contributed by atoms with E-state index >= 15 is 0 Å². The number of aryl methyl sites for hydroxylation is 1.